The number of nitrogens with zero attached hydrogens (tertiary/aromatic N) is 1. The summed E-state index contributed by atoms with van der Waals surface area (Å²) in [6.07, 6.45) is 8.08. The van der Waals surface area contributed by atoms with Gasteiger partial charge < -0.3 is 0 Å². The van der Waals surface area contributed by atoms with Gasteiger partial charge in [-0.1, -0.05) is 51.2 Å². The quantitative estimate of drug-likeness (QED) is 0.505. The van der Waals surface area contributed by atoms with Crippen LogP contribution in [0.25, 0.3) is 10.2 Å². The van der Waals surface area contributed by atoms with Crippen molar-refractivity contribution in [3.63, 3.8) is 0 Å². The lowest BCUT2D eigenvalue weighted by atomic mass is 10.1. The van der Waals surface area contributed by atoms with Crippen molar-refractivity contribution in [3.8, 4) is 0 Å². The summed E-state index contributed by atoms with van der Waals surface area (Å²) in [6, 6.07) is 8.31. The maximum absolute atomic E-state index is 4.59. The lowest BCUT2D eigenvalue weighted by Crippen LogP contribution is -2.04. The van der Waals surface area contributed by atoms with Gasteiger partial charge in [0.2, 0.25) is 0 Å². The zero-order valence-electron chi connectivity index (χ0n) is 11.5. The summed E-state index contributed by atoms with van der Waals surface area (Å²) in [5.41, 5.74) is 1.11. The van der Waals surface area contributed by atoms with E-state index >= 15 is 0 Å². The molecule has 4 heteroatoms. The zero-order valence-corrected chi connectivity index (χ0v) is 13.2. The third kappa shape index (κ3) is 5.13. The summed E-state index contributed by atoms with van der Waals surface area (Å²) in [7, 11) is 0. The van der Waals surface area contributed by atoms with Crippen molar-refractivity contribution in [1.82, 2.24) is 9.71 Å². The van der Waals surface area contributed by atoms with Crippen LogP contribution in [0.4, 0.5) is 0 Å². The van der Waals surface area contributed by atoms with Gasteiger partial charge in [-0.05, 0) is 30.5 Å². The molecule has 0 aliphatic carbocycles. The van der Waals surface area contributed by atoms with Crippen LogP contribution < -0.4 is 4.72 Å². The number of hydrogen-bond donors (Lipinski definition) is 1. The highest BCUT2D eigenvalue weighted by Gasteiger charge is 2.02. The molecular weight excluding hydrogens is 272 g/mol. The molecule has 0 aliphatic heterocycles. The average Bonchev–Trinajstić information content (AvgIpc) is 2.84. The number of fused-ring (bicyclic) bond motifs is 1. The smallest absolute Gasteiger partial charge is 0.166 e. The molecule has 2 rings (SSSR count). The number of benzene rings is 1. The van der Waals surface area contributed by atoms with Gasteiger partial charge in [-0.25, -0.2) is 4.98 Å². The number of nitrogens with one attached hydrogen (secondary N) is 1. The number of rotatable bonds is 9. The van der Waals surface area contributed by atoms with E-state index in [0.717, 1.165) is 16.4 Å². The van der Waals surface area contributed by atoms with E-state index in [2.05, 4.69) is 34.8 Å². The normalized spacial score (nSPS) is 11.2. The fourth-order valence-corrected chi connectivity index (χ4v) is 3.81. The van der Waals surface area contributed by atoms with Gasteiger partial charge in [-0.3, -0.25) is 4.72 Å². The van der Waals surface area contributed by atoms with Crippen molar-refractivity contribution in [2.75, 3.05) is 6.54 Å². The molecule has 2 nitrogen and oxygen atoms in total. The van der Waals surface area contributed by atoms with Gasteiger partial charge >= 0.3 is 0 Å². The summed E-state index contributed by atoms with van der Waals surface area (Å²) in [5, 5.41) is 0. The van der Waals surface area contributed by atoms with E-state index in [9.17, 15) is 0 Å². The van der Waals surface area contributed by atoms with Gasteiger partial charge in [0.1, 0.15) is 0 Å². The minimum atomic E-state index is 1.08. The minimum absolute atomic E-state index is 1.08. The maximum atomic E-state index is 4.59. The fourth-order valence-electron chi connectivity index (χ4n) is 1.98. The van der Waals surface area contributed by atoms with Gasteiger partial charge in [0, 0.05) is 6.54 Å². The third-order valence-corrected chi connectivity index (χ3v) is 5.01. The highest BCUT2D eigenvalue weighted by Crippen LogP contribution is 2.27. The molecule has 0 amide bonds. The Kier molecular flexibility index (Phi) is 6.68. The predicted octanol–water partition coefficient (Wildman–Crippen LogP) is 5.25. The summed E-state index contributed by atoms with van der Waals surface area (Å²) in [5.74, 6) is 0. The van der Waals surface area contributed by atoms with Crippen LogP contribution >= 0.6 is 23.3 Å². The van der Waals surface area contributed by atoms with Gasteiger partial charge in [-0.2, -0.15) is 0 Å². The number of aromatic nitrogens is 1. The van der Waals surface area contributed by atoms with E-state index in [-0.39, 0.29) is 0 Å². The monoisotopic (exact) mass is 294 g/mol. The Morgan fingerprint density at radius 1 is 1.11 bits per heavy atom. The Bertz CT molecular complexity index is 449. The molecule has 0 saturated carbocycles. The van der Waals surface area contributed by atoms with Gasteiger partial charge in [0.15, 0.2) is 4.34 Å². The number of unbranched alkanes of at least 4 members (excludes halogenated alkanes) is 5. The average molecular weight is 294 g/mol. The van der Waals surface area contributed by atoms with Crippen molar-refractivity contribution >= 4 is 33.5 Å². The lowest BCUT2D eigenvalue weighted by molar-refractivity contribution is 0.606. The van der Waals surface area contributed by atoms with Gasteiger partial charge in [-0.15, -0.1) is 11.3 Å². The lowest BCUT2D eigenvalue weighted by Gasteiger charge is -2.01. The van der Waals surface area contributed by atoms with Crippen molar-refractivity contribution in [2.24, 2.45) is 0 Å². The second-order valence-electron chi connectivity index (χ2n) is 4.71. The number of hydrogen-bond acceptors (Lipinski definition) is 4. The predicted molar refractivity (Wildman–Crippen MR) is 86.9 cm³/mol. The Morgan fingerprint density at radius 2 is 1.89 bits per heavy atom. The summed E-state index contributed by atoms with van der Waals surface area (Å²) >= 11 is 3.43. The molecular formula is C15H22N2S2. The summed E-state index contributed by atoms with van der Waals surface area (Å²) in [4.78, 5) is 4.59. The van der Waals surface area contributed by atoms with Crippen molar-refractivity contribution in [3.05, 3.63) is 24.3 Å². The third-order valence-electron chi connectivity index (χ3n) is 3.07. The molecule has 0 bridgehead atoms. The first-order valence-electron chi connectivity index (χ1n) is 7.15. The fraction of sp³-hybridized carbons (Fsp3) is 0.533. The van der Waals surface area contributed by atoms with E-state index < -0.39 is 0 Å². The van der Waals surface area contributed by atoms with E-state index in [1.807, 2.05) is 6.07 Å². The van der Waals surface area contributed by atoms with Crippen molar-refractivity contribution < 1.29 is 0 Å². The highest BCUT2D eigenvalue weighted by atomic mass is 32.2. The van der Waals surface area contributed by atoms with Crippen molar-refractivity contribution in [1.29, 1.82) is 0 Å². The van der Waals surface area contributed by atoms with E-state index in [4.69, 9.17) is 0 Å². The molecule has 2 aromatic rings. The van der Waals surface area contributed by atoms with Crippen LogP contribution in [0.3, 0.4) is 0 Å². The molecule has 1 aromatic heterocycles. The molecule has 0 atom stereocenters. The van der Waals surface area contributed by atoms with E-state index in [1.165, 1.54) is 43.2 Å². The molecule has 0 aliphatic rings. The molecule has 0 unspecified atom stereocenters. The van der Waals surface area contributed by atoms with Crippen LogP contribution in [0.1, 0.15) is 45.4 Å². The van der Waals surface area contributed by atoms with Crippen LogP contribution in [0.15, 0.2) is 28.6 Å². The molecule has 1 N–H and O–H groups in total. The van der Waals surface area contributed by atoms with Gasteiger partial charge in [0.25, 0.3) is 0 Å². The maximum Gasteiger partial charge on any atom is 0.166 e. The van der Waals surface area contributed by atoms with Crippen molar-refractivity contribution in [2.45, 2.75) is 49.8 Å². The highest BCUT2D eigenvalue weighted by molar-refractivity contribution is 7.99. The molecule has 0 radical (unpaired) electrons. The first kappa shape index (κ1) is 14.8. The molecule has 1 aromatic carbocycles. The molecule has 0 spiro atoms. The molecule has 19 heavy (non-hydrogen) atoms. The van der Waals surface area contributed by atoms with Crippen LogP contribution in [0.5, 0.6) is 0 Å². The number of thiazole rings is 1. The van der Waals surface area contributed by atoms with Crippen LogP contribution in [0.2, 0.25) is 0 Å². The molecule has 0 fully saturated rings. The molecule has 0 saturated heterocycles. The molecule has 104 valence electrons. The van der Waals surface area contributed by atoms with Gasteiger partial charge in [0.05, 0.1) is 10.2 Å². The van der Waals surface area contributed by atoms with E-state index in [1.54, 1.807) is 23.3 Å². The second kappa shape index (κ2) is 8.56. The van der Waals surface area contributed by atoms with Crippen LogP contribution in [-0.4, -0.2) is 11.5 Å². The summed E-state index contributed by atoms with van der Waals surface area (Å²) in [6.45, 7) is 3.34. The standard InChI is InChI=1S/C15H22N2S2/c1-2-3-4-5-6-9-12-16-19-15-17-13-10-7-8-11-14(13)18-15/h7-8,10-11,16H,2-6,9,12H2,1H3. The Labute approximate surface area is 124 Å². The second-order valence-corrected chi connectivity index (χ2v) is 6.88. The van der Waals surface area contributed by atoms with Crippen LogP contribution in [0, 0.1) is 0 Å². The zero-order chi connectivity index (χ0) is 13.3. The Morgan fingerprint density at radius 3 is 2.74 bits per heavy atom. The largest absolute Gasteiger partial charge is 0.258 e. The Hall–Kier alpha value is -0.580. The van der Waals surface area contributed by atoms with Crippen LogP contribution in [-0.2, 0) is 0 Å². The topological polar surface area (TPSA) is 24.9 Å². The first-order valence-corrected chi connectivity index (χ1v) is 8.78. The number of para-hydroxylation sites is 1. The SMILES string of the molecule is CCCCCCCCNSc1nc2ccccc2s1. The minimum Gasteiger partial charge on any atom is -0.258 e. The Balaban J connectivity index is 1.60. The van der Waals surface area contributed by atoms with E-state index in [0.29, 0.717) is 0 Å². The first-order chi connectivity index (χ1) is 9.40. The molecule has 1 heterocycles. The summed E-state index contributed by atoms with van der Waals surface area (Å²) < 4.78 is 5.81.